The van der Waals surface area contributed by atoms with Gasteiger partial charge in [-0.15, -0.1) is 0 Å². The number of rotatable bonds is 4. The largest absolute Gasteiger partial charge is 0.397 e. The Bertz CT molecular complexity index is 433. The number of nitrogens with two attached hydrogens (primary N) is 2. The summed E-state index contributed by atoms with van der Waals surface area (Å²) in [6.07, 6.45) is 1.81. The minimum Gasteiger partial charge on any atom is -0.397 e. The molecule has 0 aliphatic carbocycles. The van der Waals surface area contributed by atoms with Gasteiger partial charge in [0.15, 0.2) is 0 Å². The van der Waals surface area contributed by atoms with Crippen molar-refractivity contribution in [1.82, 2.24) is 5.01 Å². The van der Waals surface area contributed by atoms with E-state index < -0.39 is 0 Å². The molecule has 0 heterocycles. The Labute approximate surface area is 110 Å². The van der Waals surface area contributed by atoms with Crippen molar-refractivity contribution < 1.29 is 0 Å². The lowest BCUT2D eigenvalue weighted by Gasteiger charge is -2.38. The molecule has 0 radical (unpaired) electrons. The summed E-state index contributed by atoms with van der Waals surface area (Å²) in [6, 6.07) is 8.10. The molecule has 4 N–H and O–H groups in total. The fourth-order valence-electron chi connectivity index (χ4n) is 1.51. The van der Waals surface area contributed by atoms with Crippen molar-refractivity contribution in [2.45, 2.75) is 40.2 Å². The van der Waals surface area contributed by atoms with Gasteiger partial charge < -0.3 is 10.7 Å². The van der Waals surface area contributed by atoms with Gasteiger partial charge in [0, 0.05) is 6.20 Å². The van der Waals surface area contributed by atoms with Crippen LogP contribution in [0.3, 0.4) is 0 Å². The average Bonchev–Trinajstić information content (AvgIpc) is 2.28. The fraction of sp³-hybridized carbons (Fsp3) is 0.467. The molecule has 1 aromatic rings. The summed E-state index contributed by atoms with van der Waals surface area (Å²) in [4.78, 5) is 0. The van der Waals surface area contributed by atoms with E-state index in [-0.39, 0.29) is 5.54 Å². The molecular weight excluding hydrogens is 222 g/mol. The van der Waals surface area contributed by atoms with E-state index in [1.54, 1.807) is 5.01 Å². The predicted molar refractivity (Wildman–Crippen MR) is 78.3 cm³/mol. The number of hydrogen-bond donors (Lipinski definition) is 2. The van der Waals surface area contributed by atoms with Crippen LogP contribution in [-0.2, 0) is 0 Å². The second-order valence-corrected chi connectivity index (χ2v) is 5.67. The van der Waals surface area contributed by atoms with Gasteiger partial charge in [0.2, 0.25) is 0 Å². The third-order valence-electron chi connectivity index (χ3n) is 3.71. The number of hydrazine groups is 1. The second-order valence-electron chi connectivity index (χ2n) is 5.67. The van der Waals surface area contributed by atoms with E-state index in [2.05, 4.69) is 46.8 Å². The summed E-state index contributed by atoms with van der Waals surface area (Å²) in [5, 5.41) is 1.70. The Morgan fingerprint density at radius 1 is 1.33 bits per heavy atom. The second kappa shape index (κ2) is 5.44. The SMILES string of the molecule is Cc1cccc(/C(N)=C/N(N)C(C)(C)C(C)C)c1. The van der Waals surface area contributed by atoms with Gasteiger partial charge in [-0.1, -0.05) is 37.6 Å². The zero-order chi connectivity index (χ0) is 13.9. The standard InChI is InChI=1S/C15H25N3/c1-11(2)15(4,5)18(17)10-14(16)13-8-6-7-12(3)9-13/h6-11H,16-17H2,1-5H3/b14-10-. The number of nitrogens with zero attached hydrogens (tertiary/aromatic N) is 1. The molecule has 0 saturated heterocycles. The van der Waals surface area contributed by atoms with Crippen LogP contribution in [0.15, 0.2) is 30.5 Å². The first kappa shape index (κ1) is 14.6. The quantitative estimate of drug-likeness (QED) is 0.635. The molecule has 0 atom stereocenters. The van der Waals surface area contributed by atoms with Gasteiger partial charge in [-0.25, -0.2) is 5.84 Å². The van der Waals surface area contributed by atoms with Crippen LogP contribution >= 0.6 is 0 Å². The van der Waals surface area contributed by atoms with Crippen molar-refractivity contribution in [2.24, 2.45) is 17.5 Å². The van der Waals surface area contributed by atoms with Gasteiger partial charge in [-0.2, -0.15) is 0 Å². The van der Waals surface area contributed by atoms with E-state index in [9.17, 15) is 0 Å². The van der Waals surface area contributed by atoms with Crippen LogP contribution in [0.5, 0.6) is 0 Å². The highest BCUT2D eigenvalue weighted by molar-refractivity contribution is 5.62. The third-order valence-corrected chi connectivity index (χ3v) is 3.71. The Kier molecular flexibility index (Phi) is 4.41. The van der Waals surface area contributed by atoms with Crippen LogP contribution in [0.1, 0.15) is 38.8 Å². The maximum Gasteiger partial charge on any atom is 0.0564 e. The molecule has 0 fully saturated rings. The highest BCUT2D eigenvalue weighted by Gasteiger charge is 2.26. The monoisotopic (exact) mass is 247 g/mol. The molecule has 1 aromatic carbocycles. The van der Waals surface area contributed by atoms with Crippen molar-refractivity contribution in [3.63, 3.8) is 0 Å². The van der Waals surface area contributed by atoms with Gasteiger partial charge in [0.05, 0.1) is 11.2 Å². The Hall–Kier alpha value is -1.48. The first-order valence-electron chi connectivity index (χ1n) is 6.33. The molecule has 1 rings (SSSR count). The van der Waals surface area contributed by atoms with Gasteiger partial charge >= 0.3 is 0 Å². The lowest BCUT2D eigenvalue weighted by Crippen LogP contribution is -2.49. The predicted octanol–water partition coefficient (Wildman–Crippen LogP) is 2.86. The summed E-state index contributed by atoms with van der Waals surface area (Å²) in [6.45, 7) is 10.6. The minimum atomic E-state index is -0.131. The van der Waals surface area contributed by atoms with Crippen LogP contribution in [0.4, 0.5) is 0 Å². The van der Waals surface area contributed by atoms with E-state index in [0.29, 0.717) is 11.6 Å². The molecule has 0 bridgehead atoms. The Morgan fingerprint density at radius 3 is 2.44 bits per heavy atom. The van der Waals surface area contributed by atoms with Crippen molar-refractivity contribution in [2.75, 3.05) is 0 Å². The van der Waals surface area contributed by atoms with E-state index in [4.69, 9.17) is 11.6 Å². The number of hydrogen-bond acceptors (Lipinski definition) is 3. The summed E-state index contributed by atoms with van der Waals surface area (Å²) < 4.78 is 0. The third kappa shape index (κ3) is 3.26. The maximum absolute atomic E-state index is 6.11. The summed E-state index contributed by atoms with van der Waals surface area (Å²) in [7, 11) is 0. The van der Waals surface area contributed by atoms with E-state index in [1.165, 1.54) is 5.56 Å². The summed E-state index contributed by atoms with van der Waals surface area (Å²) in [5.74, 6) is 6.54. The zero-order valence-electron chi connectivity index (χ0n) is 12.1. The van der Waals surface area contributed by atoms with Crippen LogP contribution in [0, 0.1) is 12.8 Å². The van der Waals surface area contributed by atoms with Crippen LogP contribution < -0.4 is 11.6 Å². The van der Waals surface area contributed by atoms with Crippen LogP contribution in [-0.4, -0.2) is 10.5 Å². The van der Waals surface area contributed by atoms with E-state index in [0.717, 1.165) is 5.56 Å². The molecule has 0 aliphatic heterocycles. The Morgan fingerprint density at radius 2 is 1.94 bits per heavy atom. The number of benzene rings is 1. The molecule has 100 valence electrons. The minimum absolute atomic E-state index is 0.131. The summed E-state index contributed by atoms with van der Waals surface area (Å²) >= 11 is 0. The van der Waals surface area contributed by atoms with Crippen molar-refractivity contribution in [3.8, 4) is 0 Å². The molecule has 18 heavy (non-hydrogen) atoms. The zero-order valence-corrected chi connectivity index (χ0v) is 12.1. The Balaban J connectivity index is 2.96. The molecule has 3 heteroatoms. The number of aryl methyl sites for hydroxylation is 1. The highest BCUT2D eigenvalue weighted by Crippen LogP contribution is 2.22. The normalized spacial score (nSPS) is 12.9. The molecule has 0 aromatic heterocycles. The van der Waals surface area contributed by atoms with Crippen molar-refractivity contribution >= 4 is 5.70 Å². The lowest BCUT2D eigenvalue weighted by molar-refractivity contribution is 0.131. The van der Waals surface area contributed by atoms with Crippen LogP contribution in [0.25, 0.3) is 5.70 Å². The molecule has 0 amide bonds. The fourth-order valence-corrected chi connectivity index (χ4v) is 1.51. The smallest absolute Gasteiger partial charge is 0.0564 e. The van der Waals surface area contributed by atoms with E-state index >= 15 is 0 Å². The van der Waals surface area contributed by atoms with Gasteiger partial charge in [-0.3, -0.25) is 0 Å². The lowest BCUT2D eigenvalue weighted by atomic mass is 9.90. The first-order valence-corrected chi connectivity index (χ1v) is 6.33. The topological polar surface area (TPSA) is 55.3 Å². The van der Waals surface area contributed by atoms with Gasteiger partial charge in [0.1, 0.15) is 0 Å². The average molecular weight is 247 g/mol. The maximum atomic E-state index is 6.11. The molecule has 0 spiro atoms. The van der Waals surface area contributed by atoms with Gasteiger partial charge in [-0.05, 0) is 38.3 Å². The van der Waals surface area contributed by atoms with Crippen molar-refractivity contribution in [1.29, 1.82) is 0 Å². The first-order chi connectivity index (χ1) is 8.25. The van der Waals surface area contributed by atoms with E-state index in [1.807, 2.05) is 18.3 Å². The summed E-state index contributed by atoms with van der Waals surface area (Å²) in [5.41, 5.74) is 8.86. The van der Waals surface area contributed by atoms with Crippen molar-refractivity contribution in [3.05, 3.63) is 41.6 Å². The molecule has 0 aliphatic rings. The highest BCUT2D eigenvalue weighted by atomic mass is 15.4. The molecule has 0 unspecified atom stereocenters. The van der Waals surface area contributed by atoms with Gasteiger partial charge in [0.25, 0.3) is 0 Å². The molecule has 3 nitrogen and oxygen atoms in total. The van der Waals surface area contributed by atoms with Crippen LogP contribution in [0.2, 0.25) is 0 Å². The molecule has 0 saturated carbocycles. The molecular formula is C15H25N3.